The quantitative estimate of drug-likeness (QED) is 0.548. The smallest absolute Gasteiger partial charge is 0.174 e. The van der Waals surface area contributed by atoms with E-state index in [1.165, 1.54) is 5.56 Å². The Bertz CT molecular complexity index is 894. The number of aliphatic hydroxyl groups is 1. The van der Waals surface area contributed by atoms with Crippen molar-refractivity contribution in [2.24, 2.45) is 0 Å². The van der Waals surface area contributed by atoms with Gasteiger partial charge in [-0.1, -0.05) is 24.0 Å². The predicted octanol–water partition coefficient (Wildman–Crippen LogP) is 4.65. The van der Waals surface area contributed by atoms with Gasteiger partial charge in [-0.25, -0.2) is 0 Å². The highest BCUT2D eigenvalue weighted by Crippen LogP contribution is 2.38. The average Bonchev–Trinajstić information content (AvgIpc) is 3.18. The Hall–Kier alpha value is -2.20. The number of hydrogen-bond donors (Lipinski definition) is 2. The average molecular weight is 427 g/mol. The number of anilines is 1. The number of nitrogens with one attached hydrogen (secondary N) is 1. The Morgan fingerprint density at radius 3 is 2.55 bits per heavy atom. The fraction of sp³-hybridized carbons (Fsp3) is 0.348. The lowest BCUT2D eigenvalue weighted by Gasteiger charge is -2.27. The van der Waals surface area contributed by atoms with Crippen LogP contribution in [0.2, 0.25) is 0 Å². The van der Waals surface area contributed by atoms with Crippen molar-refractivity contribution in [2.45, 2.75) is 31.7 Å². The number of nitrogens with zero attached hydrogens (tertiary/aromatic N) is 1. The molecule has 1 atom stereocenters. The second-order valence-electron chi connectivity index (χ2n) is 7.24. The van der Waals surface area contributed by atoms with Crippen molar-refractivity contribution < 1.29 is 9.84 Å². The third-order valence-electron chi connectivity index (χ3n) is 4.28. The summed E-state index contributed by atoms with van der Waals surface area (Å²) >= 11 is 7.56. The van der Waals surface area contributed by atoms with Crippen LogP contribution in [0.1, 0.15) is 37.3 Å². The summed E-state index contributed by atoms with van der Waals surface area (Å²) < 4.78 is 5.49. The molecule has 29 heavy (non-hydrogen) atoms. The molecule has 4 nitrogen and oxygen atoms in total. The molecule has 1 heterocycles. The molecular weight excluding hydrogens is 400 g/mol. The number of ether oxygens (including phenoxy) is 1. The van der Waals surface area contributed by atoms with Gasteiger partial charge in [-0.15, -0.1) is 11.8 Å². The third-order valence-corrected chi connectivity index (χ3v) is 5.87. The minimum atomic E-state index is -0.991. The van der Waals surface area contributed by atoms with Gasteiger partial charge >= 0.3 is 0 Å². The van der Waals surface area contributed by atoms with E-state index in [0.717, 1.165) is 34.4 Å². The molecule has 0 unspecified atom stereocenters. The summed E-state index contributed by atoms with van der Waals surface area (Å²) in [5.41, 5.74) is 2.04. The Labute approximate surface area is 182 Å². The highest BCUT2D eigenvalue weighted by atomic mass is 32.2. The Balaban J connectivity index is 1.67. The molecule has 2 aromatic carbocycles. The van der Waals surface area contributed by atoms with Crippen molar-refractivity contribution in [3.63, 3.8) is 0 Å². The molecule has 0 aromatic heterocycles. The topological polar surface area (TPSA) is 44.7 Å². The lowest BCUT2D eigenvalue weighted by molar-refractivity contribution is 0.143. The van der Waals surface area contributed by atoms with E-state index in [9.17, 15) is 5.11 Å². The van der Waals surface area contributed by atoms with E-state index in [0.29, 0.717) is 6.61 Å². The van der Waals surface area contributed by atoms with Crippen molar-refractivity contribution in [1.82, 2.24) is 4.90 Å². The molecule has 1 saturated heterocycles. The maximum absolute atomic E-state index is 9.75. The van der Waals surface area contributed by atoms with Crippen LogP contribution in [0.25, 0.3) is 0 Å². The van der Waals surface area contributed by atoms with Gasteiger partial charge in [-0.2, -0.15) is 0 Å². The number of thiocarbonyl (C=S) groups is 1. The highest BCUT2D eigenvalue weighted by Gasteiger charge is 2.28. The van der Waals surface area contributed by atoms with Gasteiger partial charge in [0.05, 0.1) is 6.61 Å². The van der Waals surface area contributed by atoms with Crippen LogP contribution in [0.5, 0.6) is 5.75 Å². The summed E-state index contributed by atoms with van der Waals surface area (Å²) in [6.07, 6.45) is 0. The highest BCUT2D eigenvalue weighted by molar-refractivity contribution is 7.99. The van der Waals surface area contributed by atoms with Crippen molar-refractivity contribution in [3.8, 4) is 17.6 Å². The number of benzene rings is 2. The molecule has 6 heteroatoms. The molecule has 1 fully saturated rings. The van der Waals surface area contributed by atoms with Gasteiger partial charge in [0, 0.05) is 23.5 Å². The van der Waals surface area contributed by atoms with Crippen LogP contribution < -0.4 is 10.1 Å². The maximum atomic E-state index is 9.75. The van der Waals surface area contributed by atoms with Crippen LogP contribution in [0.4, 0.5) is 5.69 Å². The fourth-order valence-electron chi connectivity index (χ4n) is 2.91. The zero-order valence-electron chi connectivity index (χ0n) is 16.9. The molecule has 152 valence electrons. The number of hydrogen-bond acceptors (Lipinski definition) is 4. The lowest BCUT2D eigenvalue weighted by atomic mass is 10.1. The Kier molecular flexibility index (Phi) is 7.07. The van der Waals surface area contributed by atoms with Crippen LogP contribution in [0.3, 0.4) is 0 Å². The summed E-state index contributed by atoms with van der Waals surface area (Å²) in [6, 6.07) is 16.0. The van der Waals surface area contributed by atoms with Gasteiger partial charge in [0.1, 0.15) is 16.7 Å². The molecule has 0 aliphatic carbocycles. The molecule has 0 radical (unpaired) electrons. The minimum Gasteiger partial charge on any atom is -0.494 e. The number of rotatable bonds is 4. The summed E-state index contributed by atoms with van der Waals surface area (Å²) in [4.78, 5) is 2.22. The van der Waals surface area contributed by atoms with E-state index in [1.54, 1.807) is 13.8 Å². The molecule has 3 rings (SSSR count). The second-order valence-corrected chi connectivity index (χ2v) is 8.81. The zero-order valence-corrected chi connectivity index (χ0v) is 18.6. The van der Waals surface area contributed by atoms with E-state index >= 15 is 0 Å². The fourth-order valence-corrected chi connectivity index (χ4v) is 4.55. The normalized spacial score (nSPS) is 16.1. The van der Waals surface area contributed by atoms with Crippen molar-refractivity contribution in [2.75, 3.05) is 24.2 Å². The van der Waals surface area contributed by atoms with E-state index < -0.39 is 5.60 Å². The SMILES string of the molecule is CCOc1ccc(NC(=S)N2CCS[C@H]2c2ccc(C#CC(C)(C)O)cc2)cc1. The zero-order chi connectivity index (χ0) is 20.9. The van der Waals surface area contributed by atoms with Crippen molar-refractivity contribution in [3.05, 3.63) is 59.7 Å². The molecule has 2 N–H and O–H groups in total. The molecular formula is C23H26N2O2S2. The first-order chi connectivity index (χ1) is 13.9. The molecule has 0 saturated carbocycles. The molecule has 0 spiro atoms. The van der Waals surface area contributed by atoms with Crippen molar-refractivity contribution in [1.29, 1.82) is 0 Å². The van der Waals surface area contributed by atoms with Crippen LogP contribution in [-0.4, -0.2) is 39.6 Å². The monoisotopic (exact) mass is 426 g/mol. The van der Waals surface area contributed by atoms with E-state index in [-0.39, 0.29) is 5.37 Å². The lowest BCUT2D eigenvalue weighted by Crippen LogP contribution is -2.34. The van der Waals surface area contributed by atoms with Gasteiger partial charge in [0.25, 0.3) is 0 Å². The first-order valence-electron chi connectivity index (χ1n) is 9.63. The van der Waals surface area contributed by atoms with Gasteiger partial charge in [0.15, 0.2) is 5.11 Å². The second kappa shape index (κ2) is 9.53. The standard InChI is InChI=1S/C23H26N2O2S2/c1-4-27-20-11-9-19(10-12-20)24-22(28)25-15-16-29-21(25)18-7-5-17(6-8-18)13-14-23(2,3)26/h5-12,21,26H,4,15-16H2,1-3H3,(H,24,28)/t21-/m0/s1. The largest absolute Gasteiger partial charge is 0.494 e. The van der Waals surface area contributed by atoms with Gasteiger partial charge in [0.2, 0.25) is 0 Å². The molecule has 1 aliphatic rings. The molecule has 1 aliphatic heterocycles. The number of thioether (sulfide) groups is 1. The van der Waals surface area contributed by atoms with Crippen LogP contribution in [-0.2, 0) is 0 Å². The van der Waals surface area contributed by atoms with Crippen LogP contribution in [0, 0.1) is 11.8 Å². The Morgan fingerprint density at radius 1 is 1.24 bits per heavy atom. The van der Waals surface area contributed by atoms with Gasteiger partial charge < -0.3 is 20.1 Å². The maximum Gasteiger partial charge on any atom is 0.174 e. The van der Waals surface area contributed by atoms with E-state index in [2.05, 4.69) is 34.2 Å². The first kappa shape index (κ1) is 21.5. The minimum absolute atomic E-state index is 0.175. The van der Waals surface area contributed by atoms with E-state index in [1.807, 2.05) is 55.1 Å². The predicted molar refractivity (Wildman–Crippen MR) is 125 cm³/mol. The van der Waals surface area contributed by atoms with Crippen molar-refractivity contribution >= 4 is 34.8 Å². The molecule has 2 aromatic rings. The van der Waals surface area contributed by atoms with Crippen LogP contribution in [0.15, 0.2) is 48.5 Å². The van der Waals surface area contributed by atoms with Crippen LogP contribution >= 0.6 is 24.0 Å². The molecule has 0 amide bonds. The summed E-state index contributed by atoms with van der Waals surface area (Å²) in [5, 5.41) is 14.0. The summed E-state index contributed by atoms with van der Waals surface area (Å²) in [7, 11) is 0. The first-order valence-corrected chi connectivity index (χ1v) is 11.1. The Morgan fingerprint density at radius 2 is 1.93 bits per heavy atom. The van der Waals surface area contributed by atoms with Gasteiger partial charge in [-0.05, 0) is 75.0 Å². The van der Waals surface area contributed by atoms with E-state index in [4.69, 9.17) is 17.0 Å². The molecule has 0 bridgehead atoms. The van der Waals surface area contributed by atoms with Gasteiger partial charge in [-0.3, -0.25) is 0 Å². The summed E-state index contributed by atoms with van der Waals surface area (Å²) in [5.74, 6) is 7.73. The summed E-state index contributed by atoms with van der Waals surface area (Å²) in [6.45, 7) is 6.89. The third kappa shape index (κ3) is 6.14.